The monoisotopic (exact) mass is 576 g/mol. The van der Waals surface area contributed by atoms with Crippen molar-refractivity contribution in [3.63, 3.8) is 0 Å². The Balaban J connectivity index is 2.03. The van der Waals surface area contributed by atoms with Crippen molar-refractivity contribution in [3.8, 4) is 0 Å². The Morgan fingerprint density at radius 3 is 2.58 bits per heavy atom. The van der Waals surface area contributed by atoms with E-state index in [0.29, 0.717) is 12.8 Å². The number of esters is 1. The zero-order valence-electron chi connectivity index (χ0n) is 21.6. The van der Waals surface area contributed by atoms with Crippen LogP contribution in [0.4, 0.5) is 35.4 Å². The summed E-state index contributed by atoms with van der Waals surface area (Å²) in [6.45, 7) is 8.24. The summed E-state index contributed by atoms with van der Waals surface area (Å²) in [5.74, 6) is -2.70. The Morgan fingerprint density at radius 2 is 1.95 bits per heavy atom. The molecule has 1 aliphatic rings. The van der Waals surface area contributed by atoms with Crippen LogP contribution in [0.15, 0.2) is 22.4 Å². The quantitative estimate of drug-likeness (QED) is 0.251. The molecule has 38 heavy (non-hydrogen) atoms. The van der Waals surface area contributed by atoms with Crippen molar-refractivity contribution in [1.29, 1.82) is 0 Å². The number of halogens is 3. The van der Waals surface area contributed by atoms with E-state index in [0.717, 1.165) is 41.9 Å². The highest BCUT2D eigenvalue weighted by Crippen LogP contribution is 2.41. The Labute approximate surface area is 223 Å². The van der Waals surface area contributed by atoms with E-state index in [2.05, 4.69) is 50.8 Å². The third-order valence-electron chi connectivity index (χ3n) is 6.01. The number of ether oxygens (including phenoxy) is 1. The molecule has 0 amide bonds. The maximum Gasteiger partial charge on any atom is 0.404 e. The van der Waals surface area contributed by atoms with Gasteiger partial charge in [-0.05, 0) is 56.7 Å². The van der Waals surface area contributed by atoms with E-state index in [1.54, 1.807) is 6.07 Å². The Kier molecular flexibility index (Phi) is 9.68. The third-order valence-corrected chi connectivity index (χ3v) is 8.03. The number of nitrogens with one attached hydrogen (secondary N) is 1. The number of hydrogen-bond donors (Lipinski definition) is 1. The molecule has 1 aliphatic heterocycles. The maximum absolute atomic E-state index is 12.9. The number of rotatable bonds is 11. The van der Waals surface area contributed by atoms with Gasteiger partial charge in [-0.25, -0.2) is 13.2 Å². The minimum absolute atomic E-state index is 0.00236. The lowest BCUT2D eigenvalue weighted by Crippen LogP contribution is -2.44. The molecule has 15 heteroatoms. The first-order chi connectivity index (χ1) is 17.9. The molecule has 0 spiro atoms. The average molecular weight is 577 g/mol. The van der Waals surface area contributed by atoms with Crippen LogP contribution in [0.5, 0.6) is 0 Å². The number of benzene rings is 1. The van der Waals surface area contributed by atoms with Crippen molar-refractivity contribution in [1.82, 2.24) is 10.2 Å². The molecule has 0 radical (unpaired) electrons. The molecule has 1 N–H and O–H groups in total. The minimum Gasteiger partial charge on any atom is -0.460 e. The molecule has 2 aromatic rings. The van der Waals surface area contributed by atoms with Crippen LogP contribution in [-0.2, 0) is 21.2 Å². The number of carbonyl (C=O) groups is 1. The van der Waals surface area contributed by atoms with Crippen molar-refractivity contribution in [2.75, 3.05) is 22.0 Å². The Bertz CT molecular complexity index is 1260. The number of aryl methyl sites for hydroxylation is 1. The number of aromatic nitrogens is 2. The Morgan fingerprint density at radius 1 is 1.24 bits per heavy atom. The highest BCUT2D eigenvalue weighted by molar-refractivity contribution is 7.92. The molecule has 3 rings (SSSR count). The predicted molar refractivity (Wildman–Crippen MR) is 139 cm³/mol. The van der Waals surface area contributed by atoms with E-state index in [1.165, 1.54) is 6.07 Å². The molecule has 1 unspecified atom stereocenters. The highest BCUT2D eigenvalue weighted by Gasteiger charge is 2.36. The first-order valence-electron chi connectivity index (χ1n) is 12.3. The van der Waals surface area contributed by atoms with Crippen LogP contribution in [0.3, 0.4) is 0 Å². The lowest BCUT2D eigenvalue weighted by molar-refractivity contribution is -0.106. The van der Waals surface area contributed by atoms with Crippen LogP contribution in [0.25, 0.3) is 0 Å². The minimum atomic E-state index is -4.92. The van der Waals surface area contributed by atoms with Gasteiger partial charge < -0.3 is 9.64 Å². The zero-order valence-corrected chi connectivity index (χ0v) is 23.2. The topological polar surface area (TPSA) is 126 Å². The molecule has 1 atom stereocenters. The van der Waals surface area contributed by atoms with E-state index in [9.17, 15) is 26.4 Å². The summed E-state index contributed by atoms with van der Waals surface area (Å²) in [6, 6.07) is 3.48. The van der Waals surface area contributed by atoms with Gasteiger partial charge in [0.1, 0.15) is 5.69 Å². The van der Waals surface area contributed by atoms with E-state index in [-0.39, 0.29) is 40.2 Å². The summed E-state index contributed by atoms with van der Waals surface area (Å²) in [5, 5.41) is 15.5. The van der Waals surface area contributed by atoms with Crippen LogP contribution in [-0.4, -0.2) is 55.2 Å². The smallest absolute Gasteiger partial charge is 0.404 e. The number of carbonyl (C=O) groups excluding carboxylic acids is 1. The van der Waals surface area contributed by atoms with Gasteiger partial charge in [0.25, 0.3) is 5.13 Å². The molecule has 2 heterocycles. The summed E-state index contributed by atoms with van der Waals surface area (Å²) in [6.07, 6.45) is -1.08. The summed E-state index contributed by atoms with van der Waals surface area (Å²) in [7, 11) is -4.78. The summed E-state index contributed by atoms with van der Waals surface area (Å²) >= 11 is 0.824. The second kappa shape index (κ2) is 12.4. The van der Waals surface area contributed by atoms with Gasteiger partial charge in [0.2, 0.25) is 15.0 Å². The standard InChI is InChI=1S/C23H31F3N6O4S2/c1-5-10-36-21(33)20-28-30-22(37-20)29-27-17-11-15-9-8-14(4)32(16(6-2)7-3)19(15)12-18(17)31-38(34,35)13-23(24,25)26/h11-12,14,16,31H,5-10,13H2,1-4H3. The van der Waals surface area contributed by atoms with Crippen molar-refractivity contribution in [2.45, 2.75) is 78.1 Å². The molecule has 0 saturated carbocycles. The predicted octanol–water partition coefficient (Wildman–Crippen LogP) is 6.15. The number of fused-ring (bicyclic) bond motifs is 1. The van der Waals surface area contributed by atoms with E-state index >= 15 is 0 Å². The lowest BCUT2D eigenvalue weighted by Gasteiger charge is -2.42. The Hall–Kier alpha value is -2.81. The van der Waals surface area contributed by atoms with Gasteiger partial charge in [-0.3, -0.25) is 4.72 Å². The molecule has 0 fully saturated rings. The first-order valence-corrected chi connectivity index (χ1v) is 14.8. The van der Waals surface area contributed by atoms with Crippen LogP contribution in [0.2, 0.25) is 0 Å². The SMILES string of the molecule is CCCOC(=O)c1nnc(N=Nc2cc3c(cc2NS(=O)(=O)CC(F)(F)F)N(C(CC)CC)C(C)CC3)s1. The van der Waals surface area contributed by atoms with Gasteiger partial charge in [-0.15, -0.1) is 20.4 Å². The summed E-state index contributed by atoms with van der Waals surface area (Å²) in [5.41, 5.74) is 1.52. The largest absolute Gasteiger partial charge is 0.460 e. The number of anilines is 2. The molecule has 210 valence electrons. The second-order valence-electron chi connectivity index (χ2n) is 8.97. The number of hydrogen-bond acceptors (Lipinski definition) is 10. The van der Waals surface area contributed by atoms with Crippen LogP contribution >= 0.6 is 11.3 Å². The lowest BCUT2D eigenvalue weighted by atomic mass is 9.92. The molecule has 1 aromatic heterocycles. The number of alkyl halides is 3. The average Bonchev–Trinajstić information content (AvgIpc) is 3.31. The van der Waals surface area contributed by atoms with Crippen molar-refractivity contribution < 1.29 is 31.1 Å². The van der Waals surface area contributed by atoms with E-state index < -0.39 is 27.9 Å². The van der Waals surface area contributed by atoms with Gasteiger partial charge in [0.15, 0.2) is 5.75 Å². The maximum atomic E-state index is 12.9. The van der Waals surface area contributed by atoms with Crippen LogP contribution < -0.4 is 9.62 Å². The second-order valence-corrected chi connectivity index (χ2v) is 11.6. The van der Waals surface area contributed by atoms with Crippen LogP contribution in [0.1, 0.15) is 68.7 Å². The normalized spacial score (nSPS) is 16.2. The first kappa shape index (κ1) is 29.7. The molecule has 0 bridgehead atoms. The van der Waals surface area contributed by atoms with E-state index in [4.69, 9.17) is 4.74 Å². The number of azo groups is 1. The molecule has 0 saturated heterocycles. The molecular formula is C23H31F3N6O4S2. The van der Waals surface area contributed by atoms with Gasteiger partial charge in [0.05, 0.1) is 12.3 Å². The van der Waals surface area contributed by atoms with Gasteiger partial charge in [-0.1, -0.05) is 32.1 Å². The fraction of sp³-hybridized carbons (Fsp3) is 0.609. The number of sulfonamides is 1. The van der Waals surface area contributed by atoms with Crippen molar-refractivity contribution in [3.05, 3.63) is 22.7 Å². The molecule has 1 aromatic carbocycles. The van der Waals surface area contributed by atoms with Crippen molar-refractivity contribution >= 4 is 49.5 Å². The van der Waals surface area contributed by atoms with Gasteiger partial charge >= 0.3 is 12.1 Å². The van der Waals surface area contributed by atoms with Crippen molar-refractivity contribution in [2.24, 2.45) is 10.2 Å². The molecule has 10 nitrogen and oxygen atoms in total. The molecular weight excluding hydrogens is 545 g/mol. The van der Waals surface area contributed by atoms with E-state index in [1.807, 2.05) is 6.92 Å². The van der Waals surface area contributed by atoms with Crippen LogP contribution in [0, 0.1) is 0 Å². The zero-order chi connectivity index (χ0) is 28.1. The summed E-state index contributed by atoms with van der Waals surface area (Å²) in [4.78, 5) is 14.2. The molecule has 0 aliphatic carbocycles. The summed E-state index contributed by atoms with van der Waals surface area (Å²) < 4.78 is 70.6. The fourth-order valence-electron chi connectivity index (χ4n) is 4.32. The van der Waals surface area contributed by atoms with Gasteiger partial charge in [-0.2, -0.15) is 13.2 Å². The number of nitrogens with zero attached hydrogens (tertiary/aromatic N) is 5. The fourth-order valence-corrected chi connectivity index (χ4v) is 5.88. The third kappa shape index (κ3) is 7.62. The van der Waals surface area contributed by atoms with Gasteiger partial charge in [0, 0.05) is 17.8 Å². The highest BCUT2D eigenvalue weighted by atomic mass is 32.2.